The fourth-order valence-electron chi connectivity index (χ4n) is 1.28. The van der Waals surface area contributed by atoms with Gasteiger partial charge in [-0.15, -0.1) is 11.3 Å². The van der Waals surface area contributed by atoms with Crippen LogP contribution in [0.15, 0.2) is 24.4 Å². The van der Waals surface area contributed by atoms with E-state index in [2.05, 4.69) is 16.0 Å². The molecule has 0 saturated carbocycles. The molecule has 2 heterocycles. The molecule has 0 saturated heterocycles. The molecule has 0 aromatic carbocycles. The highest BCUT2D eigenvalue weighted by Gasteiger charge is 2.10. The normalized spacial score (nSPS) is 9.87. The van der Waals surface area contributed by atoms with Gasteiger partial charge < -0.3 is 0 Å². The molecule has 0 aliphatic carbocycles. The second kappa shape index (κ2) is 4.20. The van der Waals surface area contributed by atoms with Crippen molar-refractivity contribution in [2.45, 2.75) is 13.3 Å². The Kier molecular flexibility index (Phi) is 2.75. The molecule has 0 amide bonds. The predicted molar refractivity (Wildman–Crippen MR) is 59.4 cm³/mol. The minimum Gasteiger partial charge on any atom is -0.254 e. The fourth-order valence-corrected chi connectivity index (χ4v) is 2.21. The first kappa shape index (κ1) is 9.81. The van der Waals surface area contributed by atoms with E-state index in [9.17, 15) is 0 Å². The smallest absolute Gasteiger partial charge is 0.143 e. The Morgan fingerprint density at radius 1 is 1.47 bits per heavy atom. The molecule has 0 spiro atoms. The van der Waals surface area contributed by atoms with Crippen LogP contribution in [0.1, 0.15) is 17.5 Å². The molecule has 0 radical (unpaired) electrons. The van der Waals surface area contributed by atoms with Crippen LogP contribution in [0.2, 0.25) is 0 Å². The second-order valence-corrected chi connectivity index (χ2v) is 3.97. The molecule has 0 atom stereocenters. The Labute approximate surface area is 92.1 Å². The Balaban J connectivity index is 2.48. The number of pyridine rings is 1. The Morgan fingerprint density at radius 2 is 2.33 bits per heavy atom. The maximum absolute atomic E-state index is 8.91. The maximum atomic E-state index is 8.91. The molecule has 0 aliphatic heterocycles. The summed E-state index contributed by atoms with van der Waals surface area (Å²) >= 11 is 1.40. The van der Waals surface area contributed by atoms with E-state index in [1.807, 2.05) is 25.1 Å². The molecule has 4 heteroatoms. The number of aryl methyl sites for hydroxylation is 1. The van der Waals surface area contributed by atoms with Crippen molar-refractivity contribution in [3.63, 3.8) is 0 Å². The summed E-state index contributed by atoms with van der Waals surface area (Å²) in [4.78, 5) is 9.31. The number of thiazole rings is 1. The largest absolute Gasteiger partial charge is 0.254 e. The minimum atomic E-state index is 0.693. The molecule has 2 aromatic heterocycles. The highest BCUT2D eigenvalue weighted by Crippen LogP contribution is 2.26. The van der Waals surface area contributed by atoms with E-state index in [1.54, 1.807) is 6.20 Å². The van der Waals surface area contributed by atoms with Gasteiger partial charge in [0.25, 0.3) is 0 Å². The van der Waals surface area contributed by atoms with E-state index < -0.39 is 0 Å². The third-order valence-corrected chi connectivity index (χ3v) is 3.04. The van der Waals surface area contributed by atoms with Crippen molar-refractivity contribution in [3.8, 4) is 16.8 Å². The van der Waals surface area contributed by atoms with E-state index in [-0.39, 0.29) is 0 Å². The van der Waals surface area contributed by atoms with Gasteiger partial charge in [0.2, 0.25) is 0 Å². The van der Waals surface area contributed by atoms with Crippen molar-refractivity contribution in [1.82, 2.24) is 9.97 Å². The number of nitriles is 1. The van der Waals surface area contributed by atoms with E-state index >= 15 is 0 Å². The molecule has 3 nitrogen and oxygen atoms in total. The van der Waals surface area contributed by atoms with Gasteiger partial charge in [-0.1, -0.05) is 13.0 Å². The SMILES string of the molecule is CCc1nc(-c2ccccn2)sc1C#N. The molecular weight excluding hydrogens is 206 g/mol. The first-order chi connectivity index (χ1) is 7.35. The number of aromatic nitrogens is 2. The lowest BCUT2D eigenvalue weighted by molar-refractivity contribution is 1.05. The number of hydrogen-bond donors (Lipinski definition) is 0. The fraction of sp³-hybridized carbons (Fsp3) is 0.182. The quantitative estimate of drug-likeness (QED) is 0.773. The Morgan fingerprint density at radius 3 is 2.87 bits per heavy atom. The Bertz CT molecular complexity index is 496. The zero-order valence-electron chi connectivity index (χ0n) is 8.27. The van der Waals surface area contributed by atoms with E-state index in [4.69, 9.17) is 5.26 Å². The van der Waals surface area contributed by atoms with Gasteiger partial charge in [-0.05, 0) is 18.6 Å². The molecular formula is C11H9N3S. The van der Waals surface area contributed by atoms with E-state index in [1.165, 1.54) is 11.3 Å². The monoisotopic (exact) mass is 215 g/mol. The lowest BCUT2D eigenvalue weighted by Gasteiger charge is -1.91. The van der Waals surface area contributed by atoms with Crippen LogP contribution in [0.3, 0.4) is 0 Å². The average Bonchev–Trinajstić information content (AvgIpc) is 2.73. The standard InChI is InChI=1S/C11H9N3S/c1-2-8-10(7-12)15-11(14-8)9-5-3-4-6-13-9/h3-6H,2H2,1H3. The van der Waals surface area contributed by atoms with Crippen LogP contribution < -0.4 is 0 Å². The number of rotatable bonds is 2. The topological polar surface area (TPSA) is 49.6 Å². The summed E-state index contributed by atoms with van der Waals surface area (Å²) in [5, 5.41) is 9.73. The minimum absolute atomic E-state index is 0.693. The second-order valence-electron chi connectivity index (χ2n) is 2.98. The van der Waals surface area contributed by atoms with E-state index in [0.29, 0.717) is 4.88 Å². The molecule has 0 aliphatic rings. The van der Waals surface area contributed by atoms with Crippen molar-refractivity contribution >= 4 is 11.3 Å². The van der Waals surface area contributed by atoms with Crippen molar-refractivity contribution < 1.29 is 0 Å². The third kappa shape index (κ3) is 1.88. The van der Waals surface area contributed by atoms with Gasteiger partial charge in [-0.3, -0.25) is 4.98 Å². The first-order valence-electron chi connectivity index (χ1n) is 4.66. The van der Waals surface area contributed by atoms with Crippen molar-refractivity contribution in [1.29, 1.82) is 5.26 Å². The van der Waals surface area contributed by atoms with Crippen LogP contribution in [0.25, 0.3) is 10.7 Å². The van der Waals surface area contributed by atoms with Crippen LogP contribution in [0, 0.1) is 11.3 Å². The zero-order chi connectivity index (χ0) is 10.7. The summed E-state index contributed by atoms with van der Waals surface area (Å²) in [5.74, 6) is 0. The summed E-state index contributed by atoms with van der Waals surface area (Å²) in [6.45, 7) is 2.00. The molecule has 15 heavy (non-hydrogen) atoms. The van der Waals surface area contributed by atoms with Crippen LogP contribution in [0.5, 0.6) is 0 Å². The highest BCUT2D eigenvalue weighted by atomic mass is 32.1. The third-order valence-electron chi connectivity index (χ3n) is 2.02. The maximum Gasteiger partial charge on any atom is 0.143 e. The molecule has 0 N–H and O–H groups in total. The summed E-state index contributed by atoms with van der Waals surface area (Å²) < 4.78 is 0. The number of hydrogen-bond acceptors (Lipinski definition) is 4. The Hall–Kier alpha value is -1.73. The molecule has 74 valence electrons. The lowest BCUT2D eigenvalue weighted by atomic mass is 10.3. The van der Waals surface area contributed by atoms with Crippen molar-refractivity contribution in [2.75, 3.05) is 0 Å². The molecule has 2 rings (SSSR count). The molecule has 0 unspecified atom stereocenters. The van der Waals surface area contributed by atoms with Crippen LogP contribution in [0.4, 0.5) is 0 Å². The summed E-state index contributed by atoms with van der Waals surface area (Å²) in [7, 11) is 0. The van der Waals surface area contributed by atoms with Crippen molar-refractivity contribution in [3.05, 3.63) is 35.0 Å². The summed E-state index contributed by atoms with van der Waals surface area (Å²) in [6.07, 6.45) is 2.51. The van der Waals surface area contributed by atoms with Gasteiger partial charge in [0.15, 0.2) is 0 Å². The van der Waals surface area contributed by atoms with E-state index in [0.717, 1.165) is 22.8 Å². The highest BCUT2D eigenvalue weighted by molar-refractivity contribution is 7.15. The van der Waals surface area contributed by atoms with Crippen LogP contribution in [-0.4, -0.2) is 9.97 Å². The molecule has 0 bridgehead atoms. The van der Waals surface area contributed by atoms with Gasteiger partial charge in [-0.25, -0.2) is 4.98 Å². The summed E-state index contributed by atoms with van der Waals surface area (Å²) in [6, 6.07) is 7.85. The van der Waals surface area contributed by atoms with Gasteiger partial charge in [0, 0.05) is 6.20 Å². The zero-order valence-corrected chi connectivity index (χ0v) is 9.08. The molecule has 2 aromatic rings. The van der Waals surface area contributed by atoms with Gasteiger partial charge in [0.1, 0.15) is 16.0 Å². The summed E-state index contributed by atoms with van der Waals surface area (Å²) in [5.41, 5.74) is 1.70. The van der Waals surface area contributed by atoms with Crippen LogP contribution >= 0.6 is 11.3 Å². The predicted octanol–water partition coefficient (Wildman–Crippen LogP) is 2.64. The molecule has 0 fully saturated rings. The van der Waals surface area contributed by atoms with Crippen molar-refractivity contribution in [2.24, 2.45) is 0 Å². The average molecular weight is 215 g/mol. The lowest BCUT2D eigenvalue weighted by Crippen LogP contribution is -1.84. The van der Waals surface area contributed by atoms with Gasteiger partial charge in [-0.2, -0.15) is 5.26 Å². The van der Waals surface area contributed by atoms with Gasteiger partial charge >= 0.3 is 0 Å². The first-order valence-corrected chi connectivity index (χ1v) is 5.48. The van der Waals surface area contributed by atoms with Gasteiger partial charge in [0.05, 0.1) is 11.4 Å². The number of nitrogens with zero attached hydrogens (tertiary/aromatic N) is 3. The van der Waals surface area contributed by atoms with Crippen LogP contribution in [-0.2, 0) is 6.42 Å².